The van der Waals surface area contributed by atoms with E-state index in [4.69, 9.17) is 0 Å². The zero-order chi connectivity index (χ0) is 12.0. The molecule has 0 aliphatic rings. The van der Waals surface area contributed by atoms with Crippen LogP contribution >= 0.6 is 0 Å². The van der Waals surface area contributed by atoms with Crippen molar-refractivity contribution >= 4 is 5.69 Å². The van der Waals surface area contributed by atoms with Crippen molar-refractivity contribution in [2.24, 2.45) is 0 Å². The van der Waals surface area contributed by atoms with Crippen LogP contribution in [0, 0.1) is 6.92 Å². The SMILES string of the molecule is CCCN(CCN(C)C)c1ccc(C)cc1. The Kier molecular flexibility index (Phi) is 5.33. The molecule has 1 aromatic rings. The number of hydrogen-bond acceptors (Lipinski definition) is 2. The van der Waals surface area contributed by atoms with E-state index < -0.39 is 0 Å². The highest BCUT2D eigenvalue weighted by Gasteiger charge is 2.05. The smallest absolute Gasteiger partial charge is 0.0366 e. The van der Waals surface area contributed by atoms with Gasteiger partial charge in [0.2, 0.25) is 0 Å². The van der Waals surface area contributed by atoms with Gasteiger partial charge in [0, 0.05) is 25.3 Å². The molecular weight excluding hydrogens is 196 g/mol. The Morgan fingerprint density at radius 3 is 2.06 bits per heavy atom. The molecule has 0 aromatic heterocycles. The Bertz CT molecular complexity index is 290. The minimum Gasteiger partial charge on any atom is -0.370 e. The van der Waals surface area contributed by atoms with Crippen molar-refractivity contribution in [3.63, 3.8) is 0 Å². The summed E-state index contributed by atoms with van der Waals surface area (Å²) in [6, 6.07) is 8.82. The molecule has 0 aliphatic carbocycles. The summed E-state index contributed by atoms with van der Waals surface area (Å²) in [6.45, 7) is 7.71. The molecule has 0 unspecified atom stereocenters. The first kappa shape index (κ1) is 13.0. The Balaban J connectivity index is 2.64. The van der Waals surface area contributed by atoms with E-state index in [1.54, 1.807) is 0 Å². The molecule has 2 nitrogen and oxygen atoms in total. The van der Waals surface area contributed by atoms with Gasteiger partial charge in [0.15, 0.2) is 0 Å². The van der Waals surface area contributed by atoms with E-state index in [1.807, 2.05) is 0 Å². The highest BCUT2D eigenvalue weighted by Crippen LogP contribution is 2.15. The van der Waals surface area contributed by atoms with Crippen LogP contribution in [-0.4, -0.2) is 38.6 Å². The fourth-order valence-corrected chi connectivity index (χ4v) is 1.72. The van der Waals surface area contributed by atoms with Crippen molar-refractivity contribution in [1.82, 2.24) is 4.90 Å². The topological polar surface area (TPSA) is 6.48 Å². The summed E-state index contributed by atoms with van der Waals surface area (Å²) < 4.78 is 0. The van der Waals surface area contributed by atoms with Gasteiger partial charge < -0.3 is 9.80 Å². The molecule has 90 valence electrons. The van der Waals surface area contributed by atoms with Gasteiger partial charge in [0.25, 0.3) is 0 Å². The number of nitrogens with zero attached hydrogens (tertiary/aromatic N) is 2. The predicted octanol–water partition coefficient (Wildman–Crippen LogP) is 2.77. The molecule has 0 amide bonds. The summed E-state index contributed by atoms with van der Waals surface area (Å²) in [5, 5.41) is 0. The molecule has 0 saturated carbocycles. The van der Waals surface area contributed by atoms with Crippen LogP contribution in [0.15, 0.2) is 24.3 Å². The molecule has 0 N–H and O–H groups in total. The average molecular weight is 220 g/mol. The zero-order valence-corrected chi connectivity index (χ0v) is 11.0. The fraction of sp³-hybridized carbons (Fsp3) is 0.571. The van der Waals surface area contributed by atoms with Gasteiger partial charge in [0.1, 0.15) is 0 Å². The van der Waals surface area contributed by atoms with E-state index in [1.165, 1.54) is 17.7 Å². The lowest BCUT2D eigenvalue weighted by atomic mass is 10.2. The molecule has 0 fully saturated rings. The van der Waals surface area contributed by atoms with Crippen molar-refractivity contribution in [2.75, 3.05) is 38.6 Å². The summed E-state index contributed by atoms with van der Waals surface area (Å²) in [4.78, 5) is 4.69. The van der Waals surface area contributed by atoms with Crippen LogP contribution in [0.5, 0.6) is 0 Å². The van der Waals surface area contributed by atoms with Crippen molar-refractivity contribution in [2.45, 2.75) is 20.3 Å². The van der Waals surface area contributed by atoms with Crippen LogP contribution in [0.1, 0.15) is 18.9 Å². The molecule has 0 atom stereocenters. The van der Waals surface area contributed by atoms with Crippen molar-refractivity contribution in [3.05, 3.63) is 29.8 Å². The van der Waals surface area contributed by atoms with E-state index in [2.05, 4.69) is 62.0 Å². The Morgan fingerprint density at radius 1 is 0.938 bits per heavy atom. The van der Waals surface area contributed by atoms with Crippen LogP contribution in [0.3, 0.4) is 0 Å². The first-order valence-electron chi connectivity index (χ1n) is 6.10. The number of rotatable bonds is 6. The Hall–Kier alpha value is -1.02. The van der Waals surface area contributed by atoms with Crippen LogP contribution in [-0.2, 0) is 0 Å². The maximum Gasteiger partial charge on any atom is 0.0366 e. The predicted molar refractivity (Wildman–Crippen MR) is 72.2 cm³/mol. The quantitative estimate of drug-likeness (QED) is 0.727. The summed E-state index contributed by atoms with van der Waals surface area (Å²) >= 11 is 0. The molecule has 1 aromatic carbocycles. The van der Waals surface area contributed by atoms with Gasteiger partial charge in [-0.1, -0.05) is 24.6 Å². The van der Waals surface area contributed by atoms with E-state index >= 15 is 0 Å². The number of likely N-dealkylation sites (N-methyl/N-ethyl adjacent to an activating group) is 1. The number of benzene rings is 1. The largest absolute Gasteiger partial charge is 0.370 e. The number of hydrogen-bond donors (Lipinski definition) is 0. The maximum absolute atomic E-state index is 2.46. The molecular formula is C14H24N2. The second kappa shape index (κ2) is 6.54. The van der Waals surface area contributed by atoms with E-state index in [0.29, 0.717) is 0 Å². The normalized spacial score (nSPS) is 10.8. The standard InChI is InChI=1S/C14H24N2/c1-5-10-16(12-11-15(3)4)14-8-6-13(2)7-9-14/h6-9H,5,10-12H2,1-4H3. The van der Waals surface area contributed by atoms with Gasteiger partial charge in [0.05, 0.1) is 0 Å². The van der Waals surface area contributed by atoms with Gasteiger partial charge in [-0.05, 0) is 39.6 Å². The molecule has 0 saturated heterocycles. The molecule has 1 rings (SSSR count). The molecule has 0 aliphatic heterocycles. The second-order valence-corrected chi connectivity index (χ2v) is 4.63. The molecule has 0 radical (unpaired) electrons. The monoisotopic (exact) mass is 220 g/mol. The fourth-order valence-electron chi connectivity index (χ4n) is 1.72. The third kappa shape index (κ3) is 4.23. The van der Waals surface area contributed by atoms with E-state index in [9.17, 15) is 0 Å². The van der Waals surface area contributed by atoms with Crippen LogP contribution in [0.4, 0.5) is 5.69 Å². The lowest BCUT2D eigenvalue weighted by Crippen LogP contribution is -2.32. The van der Waals surface area contributed by atoms with Crippen molar-refractivity contribution in [3.8, 4) is 0 Å². The van der Waals surface area contributed by atoms with Gasteiger partial charge in [-0.2, -0.15) is 0 Å². The summed E-state index contributed by atoms with van der Waals surface area (Å²) in [5.74, 6) is 0. The van der Waals surface area contributed by atoms with Crippen LogP contribution in [0.2, 0.25) is 0 Å². The first-order chi connectivity index (χ1) is 7.63. The number of anilines is 1. The minimum absolute atomic E-state index is 1.10. The highest BCUT2D eigenvalue weighted by atomic mass is 15.2. The van der Waals surface area contributed by atoms with Crippen LogP contribution in [0.25, 0.3) is 0 Å². The first-order valence-corrected chi connectivity index (χ1v) is 6.10. The van der Waals surface area contributed by atoms with E-state index in [0.717, 1.165) is 19.6 Å². The Morgan fingerprint density at radius 2 is 1.56 bits per heavy atom. The maximum atomic E-state index is 2.46. The third-order valence-corrected chi connectivity index (χ3v) is 2.71. The van der Waals surface area contributed by atoms with Gasteiger partial charge in [-0.3, -0.25) is 0 Å². The highest BCUT2D eigenvalue weighted by molar-refractivity contribution is 5.47. The van der Waals surface area contributed by atoms with E-state index in [-0.39, 0.29) is 0 Å². The number of aryl methyl sites for hydroxylation is 1. The molecule has 0 heterocycles. The second-order valence-electron chi connectivity index (χ2n) is 4.63. The molecule has 2 heteroatoms. The van der Waals surface area contributed by atoms with Gasteiger partial charge in [-0.15, -0.1) is 0 Å². The lowest BCUT2D eigenvalue weighted by Gasteiger charge is -2.26. The molecule has 16 heavy (non-hydrogen) atoms. The van der Waals surface area contributed by atoms with Crippen molar-refractivity contribution < 1.29 is 0 Å². The molecule has 0 bridgehead atoms. The van der Waals surface area contributed by atoms with Gasteiger partial charge in [-0.25, -0.2) is 0 Å². The van der Waals surface area contributed by atoms with Gasteiger partial charge >= 0.3 is 0 Å². The average Bonchev–Trinajstić information content (AvgIpc) is 2.25. The Labute approximate surface area is 99.9 Å². The lowest BCUT2D eigenvalue weighted by molar-refractivity contribution is 0.413. The summed E-state index contributed by atoms with van der Waals surface area (Å²) in [6.07, 6.45) is 1.20. The third-order valence-electron chi connectivity index (χ3n) is 2.71. The summed E-state index contributed by atoms with van der Waals surface area (Å²) in [5.41, 5.74) is 2.67. The molecule has 0 spiro atoms. The summed E-state index contributed by atoms with van der Waals surface area (Å²) in [7, 11) is 4.25. The van der Waals surface area contributed by atoms with Crippen LogP contribution < -0.4 is 4.90 Å². The minimum atomic E-state index is 1.10. The zero-order valence-electron chi connectivity index (χ0n) is 11.0. The van der Waals surface area contributed by atoms with Crippen molar-refractivity contribution in [1.29, 1.82) is 0 Å².